The summed E-state index contributed by atoms with van der Waals surface area (Å²) >= 11 is 0. The van der Waals surface area contributed by atoms with Crippen LogP contribution >= 0.6 is 0 Å². The monoisotopic (exact) mass is 349 g/mol. The number of hydrogen-bond acceptors (Lipinski definition) is 3. The number of aromatic nitrogens is 2. The van der Waals surface area contributed by atoms with Crippen molar-refractivity contribution in [3.63, 3.8) is 0 Å². The van der Waals surface area contributed by atoms with Gasteiger partial charge < -0.3 is 10.4 Å². The van der Waals surface area contributed by atoms with Crippen LogP contribution in [0.5, 0.6) is 0 Å². The zero-order valence-electron chi connectivity index (χ0n) is 15.2. The molecular formula is C21H23N3O2. The van der Waals surface area contributed by atoms with E-state index in [1.165, 1.54) is 0 Å². The summed E-state index contributed by atoms with van der Waals surface area (Å²) in [7, 11) is 0. The molecule has 26 heavy (non-hydrogen) atoms. The van der Waals surface area contributed by atoms with E-state index in [9.17, 15) is 9.90 Å². The van der Waals surface area contributed by atoms with Gasteiger partial charge in [-0.3, -0.25) is 4.79 Å². The third-order valence-electron chi connectivity index (χ3n) is 4.60. The van der Waals surface area contributed by atoms with Gasteiger partial charge in [0.15, 0.2) is 0 Å². The van der Waals surface area contributed by atoms with Crippen LogP contribution in [0.25, 0.3) is 5.69 Å². The highest BCUT2D eigenvalue weighted by Gasteiger charge is 2.17. The molecule has 3 aromatic rings. The lowest BCUT2D eigenvalue weighted by atomic mass is 10.0. The molecule has 1 unspecified atom stereocenters. The van der Waals surface area contributed by atoms with Crippen LogP contribution < -0.4 is 5.32 Å². The van der Waals surface area contributed by atoms with E-state index in [1.807, 2.05) is 69.3 Å². The van der Waals surface area contributed by atoms with Gasteiger partial charge in [0.25, 0.3) is 5.91 Å². The van der Waals surface area contributed by atoms with Gasteiger partial charge in [-0.1, -0.05) is 42.5 Å². The Bertz CT molecular complexity index is 931. The van der Waals surface area contributed by atoms with Crippen molar-refractivity contribution in [3.8, 4) is 5.69 Å². The number of hydrogen-bond donors (Lipinski definition) is 2. The molecule has 5 heteroatoms. The molecule has 0 fully saturated rings. The summed E-state index contributed by atoms with van der Waals surface area (Å²) in [5.74, 6) is -0.241. The van der Waals surface area contributed by atoms with Crippen molar-refractivity contribution >= 4 is 5.91 Å². The molecule has 0 saturated carbocycles. The fraction of sp³-hybridized carbons (Fsp3) is 0.238. The number of aliphatic hydroxyl groups is 1. The molecule has 0 aliphatic heterocycles. The maximum Gasteiger partial charge on any atom is 0.254 e. The van der Waals surface area contributed by atoms with Gasteiger partial charge in [-0.15, -0.1) is 0 Å². The number of para-hydroxylation sites is 1. The summed E-state index contributed by atoms with van der Waals surface area (Å²) in [5, 5.41) is 17.5. The van der Waals surface area contributed by atoms with E-state index in [0.29, 0.717) is 5.56 Å². The lowest BCUT2D eigenvalue weighted by Crippen LogP contribution is -2.29. The number of carbonyl (C=O) groups excluding carboxylic acids is 1. The average Bonchev–Trinajstić information content (AvgIpc) is 3.01. The van der Waals surface area contributed by atoms with E-state index in [1.54, 1.807) is 10.9 Å². The molecular weight excluding hydrogens is 326 g/mol. The van der Waals surface area contributed by atoms with Crippen LogP contribution in [0, 0.1) is 20.8 Å². The van der Waals surface area contributed by atoms with Crippen molar-refractivity contribution in [1.29, 1.82) is 0 Å². The van der Waals surface area contributed by atoms with Gasteiger partial charge in [0.1, 0.15) is 0 Å². The fourth-order valence-corrected chi connectivity index (χ4v) is 3.03. The van der Waals surface area contributed by atoms with E-state index >= 15 is 0 Å². The van der Waals surface area contributed by atoms with Gasteiger partial charge in [0.2, 0.25) is 0 Å². The largest absolute Gasteiger partial charge is 0.387 e. The summed E-state index contributed by atoms with van der Waals surface area (Å²) in [5.41, 5.74) is 5.12. The molecule has 3 rings (SSSR count). The Hall–Kier alpha value is -2.92. The maximum absolute atomic E-state index is 12.5. The highest BCUT2D eigenvalue weighted by molar-refractivity contribution is 5.95. The number of rotatable bonds is 5. The maximum atomic E-state index is 12.5. The van der Waals surface area contributed by atoms with Gasteiger partial charge in [-0.25, -0.2) is 4.68 Å². The summed E-state index contributed by atoms with van der Waals surface area (Å²) < 4.78 is 1.77. The number of nitrogens with one attached hydrogen (secondary N) is 1. The second-order valence-electron chi connectivity index (χ2n) is 6.42. The number of nitrogens with zero attached hydrogens (tertiary/aromatic N) is 2. The van der Waals surface area contributed by atoms with Crippen LogP contribution in [0.4, 0.5) is 0 Å². The normalized spacial score (nSPS) is 12.0. The summed E-state index contributed by atoms with van der Waals surface area (Å²) in [6.07, 6.45) is 0.823. The van der Waals surface area contributed by atoms with Gasteiger partial charge in [0, 0.05) is 6.54 Å². The van der Waals surface area contributed by atoms with E-state index in [0.717, 1.165) is 28.1 Å². The molecule has 0 aliphatic rings. The van der Waals surface area contributed by atoms with Gasteiger partial charge in [-0.2, -0.15) is 5.10 Å². The van der Waals surface area contributed by atoms with E-state index in [4.69, 9.17) is 0 Å². The molecule has 1 amide bonds. The van der Waals surface area contributed by atoms with Crippen molar-refractivity contribution in [2.45, 2.75) is 26.9 Å². The number of benzene rings is 2. The number of amides is 1. The summed E-state index contributed by atoms with van der Waals surface area (Å²) in [4.78, 5) is 12.5. The van der Waals surface area contributed by atoms with Gasteiger partial charge in [0.05, 0.1) is 29.2 Å². The third kappa shape index (κ3) is 3.53. The molecule has 2 aromatic carbocycles. The third-order valence-corrected chi connectivity index (χ3v) is 4.60. The van der Waals surface area contributed by atoms with E-state index < -0.39 is 6.10 Å². The minimum Gasteiger partial charge on any atom is -0.387 e. The molecule has 0 saturated heterocycles. The predicted molar refractivity (Wildman–Crippen MR) is 102 cm³/mol. The van der Waals surface area contributed by atoms with Crippen molar-refractivity contribution in [2.24, 2.45) is 0 Å². The second kappa shape index (κ2) is 7.54. The molecule has 1 aromatic heterocycles. The quantitative estimate of drug-likeness (QED) is 0.743. The van der Waals surface area contributed by atoms with Crippen LogP contribution in [0.15, 0.2) is 54.7 Å². The zero-order valence-corrected chi connectivity index (χ0v) is 15.2. The molecule has 0 aliphatic carbocycles. The summed E-state index contributed by atoms with van der Waals surface area (Å²) in [6, 6.07) is 15.5. The number of carbonyl (C=O) groups is 1. The molecule has 5 nitrogen and oxygen atoms in total. The molecule has 2 N–H and O–H groups in total. The first-order chi connectivity index (χ1) is 12.5. The Labute approximate surface area is 153 Å². The molecule has 0 radical (unpaired) electrons. The Morgan fingerprint density at radius 1 is 1.08 bits per heavy atom. The number of aliphatic hydroxyl groups excluding tert-OH is 1. The lowest BCUT2D eigenvalue weighted by Gasteiger charge is -2.14. The molecule has 1 heterocycles. The van der Waals surface area contributed by atoms with Gasteiger partial charge >= 0.3 is 0 Å². The highest BCUT2D eigenvalue weighted by atomic mass is 16.3. The van der Waals surface area contributed by atoms with Crippen molar-refractivity contribution < 1.29 is 9.90 Å². The Morgan fingerprint density at radius 3 is 2.42 bits per heavy atom. The first-order valence-electron chi connectivity index (χ1n) is 8.61. The van der Waals surface area contributed by atoms with Crippen molar-refractivity contribution in [3.05, 3.63) is 82.7 Å². The SMILES string of the molecule is Cc1ccccc1C(O)CNC(=O)c1cnn(-c2ccccc2C)c1C. The minimum atomic E-state index is -0.744. The molecule has 0 bridgehead atoms. The Morgan fingerprint density at radius 2 is 1.73 bits per heavy atom. The van der Waals surface area contributed by atoms with Crippen molar-refractivity contribution in [2.75, 3.05) is 6.54 Å². The van der Waals surface area contributed by atoms with Crippen LogP contribution in [0.3, 0.4) is 0 Å². The zero-order chi connectivity index (χ0) is 18.7. The summed E-state index contributed by atoms with van der Waals surface area (Å²) in [6.45, 7) is 5.97. The lowest BCUT2D eigenvalue weighted by molar-refractivity contribution is 0.0915. The smallest absolute Gasteiger partial charge is 0.254 e. The van der Waals surface area contributed by atoms with E-state index in [2.05, 4.69) is 10.4 Å². The van der Waals surface area contributed by atoms with Crippen LogP contribution in [0.1, 0.15) is 38.8 Å². The average molecular weight is 349 g/mol. The predicted octanol–water partition coefficient (Wildman–Crippen LogP) is 3.26. The Balaban J connectivity index is 1.73. The first-order valence-corrected chi connectivity index (χ1v) is 8.61. The second-order valence-corrected chi connectivity index (χ2v) is 6.42. The number of aryl methyl sites for hydroxylation is 2. The van der Waals surface area contributed by atoms with Crippen LogP contribution in [-0.4, -0.2) is 27.3 Å². The standard InChI is InChI=1S/C21H23N3O2/c1-14-8-4-6-10-17(14)20(25)13-22-21(26)18-12-23-24(16(18)3)19-11-7-5-9-15(19)2/h4-12,20,25H,13H2,1-3H3,(H,22,26). The van der Waals surface area contributed by atoms with Gasteiger partial charge in [-0.05, 0) is 43.5 Å². The van der Waals surface area contributed by atoms with Crippen LogP contribution in [0.2, 0.25) is 0 Å². The molecule has 134 valence electrons. The van der Waals surface area contributed by atoms with Crippen LogP contribution in [-0.2, 0) is 0 Å². The Kier molecular flexibility index (Phi) is 5.19. The minimum absolute atomic E-state index is 0.151. The first kappa shape index (κ1) is 17.9. The molecule has 0 spiro atoms. The highest BCUT2D eigenvalue weighted by Crippen LogP contribution is 2.19. The van der Waals surface area contributed by atoms with Crippen molar-refractivity contribution in [1.82, 2.24) is 15.1 Å². The topological polar surface area (TPSA) is 67.2 Å². The molecule has 1 atom stereocenters. The fourth-order valence-electron chi connectivity index (χ4n) is 3.03. The van der Waals surface area contributed by atoms with E-state index in [-0.39, 0.29) is 12.5 Å².